The van der Waals surface area contributed by atoms with Crippen LogP contribution in [0.15, 0.2) is 89.3 Å². The fraction of sp³-hybridized carbons (Fsp3) is 0.148. The molecular formula is C27H24N2O6. The van der Waals surface area contributed by atoms with E-state index in [2.05, 4.69) is 4.74 Å². The molecule has 0 fully saturated rings. The van der Waals surface area contributed by atoms with E-state index < -0.39 is 12.1 Å². The van der Waals surface area contributed by atoms with Crippen LogP contribution >= 0.6 is 0 Å². The molecule has 1 heterocycles. The number of carbonyl (C=O) groups excluding carboxylic acids is 2. The number of ether oxygens (including phenoxy) is 3. The molecule has 8 heteroatoms. The Morgan fingerprint density at radius 1 is 0.857 bits per heavy atom. The van der Waals surface area contributed by atoms with Gasteiger partial charge in [0.1, 0.15) is 18.0 Å². The van der Waals surface area contributed by atoms with Crippen LogP contribution in [0.5, 0.6) is 5.75 Å². The van der Waals surface area contributed by atoms with Crippen molar-refractivity contribution >= 4 is 17.7 Å². The minimum absolute atomic E-state index is 0.0137. The largest absolute Gasteiger partial charge is 0.482 e. The molecule has 1 aromatic heterocycles. The van der Waals surface area contributed by atoms with Crippen molar-refractivity contribution in [2.45, 2.75) is 6.54 Å². The zero-order valence-corrected chi connectivity index (χ0v) is 19.3. The predicted octanol–water partition coefficient (Wildman–Crippen LogP) is 5.33. The van der Waals surface area contributed by atoms with Crippen molar-refractivity contribution in [3.05, 3.63) is 90.8 Å². The molecule has 0 bridgehead atoms. The van der Waals surface area contributed by atoms with Gasteiger partial charge < -0.3 is 18.6 Å². The lowest BCUT2D eigenvalue weighted by Gasteiger charge is -2.20. The maximum Gasteiger partial charge on any atom is 0.414 e. The van der Waals surface area contributed by atoms with Gasteiger partial charge in [-0.2, -0.15) is 0 Å². The van der Waals surface area contributed by atoms with E-state index in [1.54, 1.807) is 24.3 Å². The summed E-state index contributed by atoms with van der Waals surface area (Å²) >= 11 is 0. The highest BCUT2D eigenvalue weighted by Gasteiger charge is 2.23. The molecule has 0 spiro atoms. The second-order valence-corrected chi connectivity index (χ2v) is 7.44. The molecule has 178 valence electrons. The van der Waals surface area contributed by atoms with E-state index in [0.29, 0.717) is 28.8 Å². The number of oxazole rings is 1. The van der Waals surface area contributed by atoms with Gasteiger partial charge in [-0.05, 0) is 12.1 Å². The zero-order chi connectivity index (χ0) is 24.6. The third-order valence-electron chi connectivity index (χ3n) is 5.16. The molecular weight excluding hydrogens is 448 g/mol. The number of benzene rings is 3. The van der Waals surface area contributed by atoms with Crippen LogP contribution < -0.4 is 9.64 Å². The molecule has 0 aliphatic rings. The number of rotatable bonds is 8. The van der Waals surface area contributed by atoms with Gasteiger partial charge in [0.15, 0.2) is 12.4 Å². The quantitative estimate of drug-likeness (QED) is 0.320. The van der Waals surface area contributed by atoms with Gasteiger partial charge in [-0.25, -0.2) is 14.6 Å². The molecule has 0 unspecified atom stereocenters. The first-order valence-corrected chi connectivity index (χ1v) is 10.8. The van der Waals surface area contributed by atoms with Gasteiger partial charge in [-0.15, -0.1) is 0 Å². The number of hydrogen-bond acceptors (Lipinski definition) is 7. The van der Waals surface area contributed by atoms with E-state index in [1.807, 2.05) is 60.7 Å². The van der Waals surface area contributed by atoms with Gasteiger partial charge in [0.2, 0.25) is 5.89 Å². The van der Waals surface area contributed by atoms with Crippen LogP contribution in [-0.2, 0) is 20.8 Å². The zero-order valence-electron chi connectivity index (χ0n) is 19.3. The third kappa shape index (κ3) is 5.67. The SMILES string of the molecule is COC(=O)COc1cccc(N(Cc2nc(-c3ccccc3)c(-c3ccccc3)o2)C(=O)OC)c1. The molecule has 0 saturated carbocycles. The molecule has 0 radical (unpaired) electrons. The first-order valence-electron chi connectivity index (χ1n) is 10.8. The summed E-state index contributed by atoms with van der Waals surface area (Å²) in [6.07, 6.45) is -0.601. The lowest BCUT2D eigenvalue weighted by Crippen LogP contribution is -2.30. The minimum atomic E-state index is -0.601. The van der Waals surface area contributed by atoms with E-state index in [-0.39, 0.29) is 13.2 Å². The normalized spacial score (nSPS) is 10.5. The summed E-state index contributed by atoms with van der Waals surface area (Å²) in [5.74, 6) is 0.812. The molecule has 35 heavy (non-hydrogen) atoms. The lowest BCUT2D eigenvalue weighted by atomic mass is 10.1. The Morgan fingerprint density at radius 3 is 2.20 bits per heavy atom. The van der Waals surface area contributed by atoms with Crippen molar-refractivity contribution < 1.29 is 28.2 Å². The van der Waals surface area contributed by atoms with E-state index in [4.69, 9.17) is 18.9 Å². The molecule has 4 rings (SSSR count). The monoisotopic (exact) mass is 472 g/mol. The van der Waals surface area contributed by atoms with Gasteiger partial charge in [-0.1, -0.05) is 66.7 Å². The Hall–Kier alpha value is -4.59. The van der Waals surface area contributed by atoms with Crippen LogP contribution in [0.2, 0.25) is 0 Å². The fourth-order valence-electron chi connectivity index (χ4n) is 3.46. The van der Waals surface area contributed by atoms with Crippen LogP contribution in [0.3, 0.4) is 0 Å². The smallest absolute Gasteiger partial charge is 0.414 e. The predicted molar refractivity (Wildman–Crippen MR) is 130 cm³/mol. The van der Waals surface area contributed by atoms with Gasteiger partial charge in [-0.3, -0.25) is 4.90 Å². The molecule has 4 aromatic rings. The maximum absolute atomic E-state index is 12.7. The summed E-state index contributed by atoms with van der Waals surface area (Å²) in [5.41, 5.74) is 2.92. The number of methoxy groups -OCH3 is 2. The summed E-state index contributed by atoms with van der Waals surface area (Å²) in [7, 11) is 2.58. The van der Waals surface area contributed by atoms with Gasteiger partial charge >= 0.3 is 12.1 Å². The molecule has 0 atom stereocenters. The van der Waals surface area contributed by atoms with Crippen LogP contribution in [0.1, 0.15) is 5.89 Å². The highest BCUT2D eigenvalue weighted by atomic mass is 16.6. The first-order chi connectivity index (χ1) is 17.1. The van der Waals surface area contributed by atoms with Crippen molar-refractivity contribution in [2.24, 2.45) is 0 Å². The summed E-state index contributed by atoms with van der Waals surface area (Å²) in [4.78, 5) is 30.2. The van der Waals surface area contributed by atoms with Crippen molar-refractivity contribution in [3.8, 4) is 28.3 Å². The van der Waals surface area contributed by atoms with Gasteiger partial charge in [0.05, 0.1) is 19.9 Å². The lowest BCUT2D eigenvalue weighted by molar-refractivity contribution is -0.142. The fourth-order valence-corrected chi connectivity index (χ4v) is 3.46. The van der Waals surface area contributed by atoms with Crippen LogP contribution in [-0.4, -0.2) is 37.9 Å². The number of hydrogen-bond donors (Lipinski definition) is 0. The molecule has 0 saturated heterocycles. The summed E-state index contributed by atoms with van der Waals surface area (Å²) < 4.78 is 21.2. The van der Waals surface area contributed by atoms with E-state index in [0.717, 1.165) is 11.1 Å². The van der Waals surface area contributed by atoms with Crippen molar-refractivity contribution in [2.75, 3.05) is 25.7 Å². The molecule has 0 aliphatic carbocycles. The van der Waals surface area contributed by atoms with E-state index >= 15 is 0 Å². The van der Waals surface area contributed by atoms with Gasteiger partial charge in [0.25, 0.3) is 0 Å². The Bertz CT molecular complexity index is 1230. The number of esters is 1. The summed E-state index contributed by atoms with van der Waals surface area (Å²) in [6, 6.07) is 26.1. The molecule has 0 aliphatic heterocycles. The molecule has 8 nitrogen and oxygen atoms in total. The number of nitrogens with zero attached hydrogens (tertiary/aromatic N) is 2. The Kier molecular flexibility index (Phi) is 7.42. The highest BCUT2D eigenvalue weighted by Crippen LogP contribution is 2.33. The average Bonchev–Trinajstić information content (AvgIpc) is 3.35. The number of aromatic nitrogens is 1. The van der Waals surface area contributed by atoms with Gasteiger partial charge in [0, 0.05) is 17.2 Å². The minimum Gasteiger partial charge on any atom is -0.482 e. The van der Waals surface area contributed by atoms with Crippen molar-refractivity contribution in [1.82, 2.24) is 4.98 Å². The summed E-state index contributed by atoms with van der Waals surface area (Å²) in [6.45, 7) is -0.238. The van der Waals surface area contributed by atoms with Crippen LogP contribution in [0.4, 0.5) is 10.5 Å². The van der Waals surface area contributed by atoms with E-state index in [1.165, 1.54) is 19.1 Å². The topological polar surface area (TPSA) is 91.1 Å². The second kappa shape index (κ2) is 11.0. The number of carbonyl (C=O) groups is 2. The van der Waals surface area contributed by atoms with Crippen LogP contribution in [0.25, 0.3) is 22.6 Å². The van der Waals surface area contributed by atoms with Crippen LogP contribution in [0, 0.1) is 0 Å². The highest BCUT2D eigenvalue weighted by molar-refractivity contribution is 5.87. The Morgan fingerprint density at radius 2 is 1.54 bits per heavy atom. The number of amides is 1. The van der Waals surface area contributed by atoms with Crippen molar-refractivity contribution in [1.29, 1.82) is 0 Å². The molecule has 0 N–H and O–H groups in total. The summed E-state index contributed by atoms with van der Waals surface area (Å²) in [5, 5.41) is 0. The average molecular weight is 472 g/mol. The van der Waals surface area contributed by atoms with E-state index in [9.17, 15) is 9.59 Å². The molecule has 1 amide bonds. The maximum atomic E-state index is 12.7. The third-order valence-corrected chi connectivity index (χ3v) is 5.16. The Labute approximate surface area is 202 Å². The standard InChI is InChI=1S/C27H24N2O6/c1-32-24(30)18-34-22-15-9-14-21(16-22)29(27(31)33-2)17-23-28-25(19-10-5-3-6-11-19)26(35-23)20-12-7-4-8-13-20/h3-16H,17-18H2,1-2H3. The van der Waals surface area contributed by atoms with Crippen molar-refractivity contribution in [3.63, 3.8) is 0 Å². The Balaban J connectivity index is 1.68. The number of anilines is 1. The second-order valence-electron chi connectivity index (χ2n) is 7.44. The molecule has 3 aromatic carbocycles. The first kappa shape index (κ1) is 23.6.